The lowest BCUT2D eigenvalue weighted by Gasteiger charge is -2.14. The second kappa shape index (κ2) is 5.30. The molecule has 0 unspecified atom stereocenters. The summed E-state index contributed by atoms with van der Waals surface area (Å²) in [5.41, 5.74) is 0.756. The molecule has 0 fully saturated rings. The summed E-state index contributed by atoms with van der Waals surface area (Å²) in [6.07, 6.45) is 2.12. The second-order valence-corrected chi connectivity index (χ2v) is 2.62. The maximum Gasteiger partial charge on any atom is 0.316 e. The third kappa shape index (κ3) is 2.86. The first kappa shape index (κ1) is 9.71. The van der Waals surface area contributed by atoms with Crippen LogP contribution >= 0.6 is 0 Å². The molecule has 1 radical (unpaired) electrons. The van der Waals surface area contributed by atoms with Gasteiger partial charge in [0.05, 0.1) is 6.67 Å². The van der Waals surface area contributed by atoms with E-state index in [-0.39, 0.29) is 0 Å². The molecule has 0 aliphatic carbocycles. The van der Waals surface area contributed by atoms with Gasteiger partial charge < -0.3 is 4.90 Å². The maximum atomic E-state index is 11.8. The topological polar surface area (TPSA) is 20.3 Å². The Morgan fingerprint density at radius 2 is 2.00 bits per heavy atom. The molecule has 1 rings (SSSR count). The van der Waals surface area contributed by atoms with Crippen molar-refractivity contribution in [2.75, 3.05) is 18.1 Å². The average molecular weight is 180 g/mol. The van der Waals surface area contributed by atoms with E-state index in [0.717, 1.165) is 5.69 Å². The van der Waals surface area contributed by atoms with Gasteiger partial charge in [-0.05, 0) is 18.6 Å². The number of para-hydroxylation sites is 1. The molecule has 0 aliphatic heterocycles. The Morgan fingerprint density at radius 3 is 2.54 bits per heavy atom. The zero-order valence-corrected chi connectivity index (χ0v) is 7.24. The number of halogens is 1. The fourth-order valence-corrected chi connectivity index (χ4v) is 1.05. The molecular weight excluding hydrogens is 169 g/mol. The van der Waals surface area contributed by atoms with E-state index in [2.05, 4.69) is 0 Å². The molecule has 0 atom stereocenters. The highest BCUT2D eigenvalue weighted by Crippen LogP contribution is 2.11. The van der Waals surface area contributed by atoms with E-state index in [1.54, 1.807) is 18.5 Å². The van der Waals surface area contributed by atoms with Gasteiger partial charge in [0.2, 0.25) is 0 Å². The molecule has 0 aromatic heterocycles. The predicted molar refractivity (Wildman–Crippen MR) is 50.1 cm³/mol. The van der Waals surface area contributed by atoms with Gasteiger partial charge in [0.1, 0.15) is 0 Å². The van der Waals surface area contributed by atoms with Gasteiger partial charge in [0.15, 0.2) is 0 Å². The molecular formula is C10H11FNO. The van der Waals surface area contributed by atoms with Crippen LogP contribution in [0.5, 0.6) is 0 Å². The Kier molecular flexibility index (Phi) is 3.96. The molecule has 0 saturated carbocycles. The number of carbonyl (C=O) groups excluding carboxylic acids is 1. The van der Waals surface area contributed by atoms with Crippen LogP contribution in [0.15, 0.2) is 30.3 Å². The van der Waals surface area contributed by atoms with Crippen LogP contribution in [0, 0.1) is 0 Å². The van der Waals surface area contributed by atoms with Gasteiger partial charge in [-0.15, -0.1) is 0 Å². The number of nitrogens with zero attached hydrogens (tertiary/aromatic N) is 1. The van der Waals surface area contributed by atoms with Crippen LogP contribution in [0.25, 0.3) is 0 Å². The summed E-state index contributed by atoms with van der Waals surface area (Å²) in [7, 11) is 0. The monoisotopic (exact) mass is 180 g/mol. The lowest BCUT2D eigenvalue weighted by atomic mass is 10.3. The van der Waals surface area contributed by atoms with Gasteiger partial charge in [-0.3, -0.25) is 9.18 Å². The van der Waals surface area contributed by atoms with Crippen LogP contribution in [0.2, 0.25) is 0 Å². The number of hydrogen-bond donors (Lipinski definition) is 0. The highest BCUT2D eigenvalue weighted by Gasteiger charge is 2.03. The molecule has 0 aliphatic rings. The standard InChI is InChI=1S/C10H11FNO/c11-7-4-8-12(9-13)10-5-2-1-3-6-10/h1-3,5-6H,4,7-8H2. The number of amides is 1. The van der Waals surface area contributed by atoms with Crippen molar-refractivity contribution in [2.24, 2.45) is 0 Å². The summed E-state index contributed by atoms with van der Waals surface area (Å²) >= 11 is 0. The highest BCUT2D eigenvalue weighted by molar-refractivity contribution is 5.75. The SMILES string of the molecule is O=[C]N(CCCF)c1ccccc1. The lowest BCUT2D eigenvalue weighted by molar-refractivity contribution is 0.474. The highest BCUT2D eigenvalue weighted by atomic mass is 19.1. The summed E-state index contributed by atoms with van der Waals surface area (Å²) in [5, 5.41) is 0. The molecule has 0 N–H and O–H groups in total. The number of alkyl halides is 1. The quantitative estimate of drug-likeness (QED) is 0.634. The van der Waals surface area contributed by atoms with E-state index >= 15 is 0 Å². The van der Waals surface area contributed by atoms with Crippen molar-refractivity contribution >= 4 is 12.1 Å². The summed E-state index contributed by atoms with van der Waals surface area (Å²) in [6.45, 7) is -0.0327. The molecule has 69 valence electrons. The molecule has 1 amide bonds. The van der Waals surface area contributed by atoms with Crippen LogP contribution in [0.1, 0.15) is 6.42 Å². The third-order valence-electron chi connectivity index (χ3n) is 1.69. The van der Waals surface area contributed by atoms with Crippen molar-refractivity contribution in [1.29, 1.82) is 0 Å². The van der Waals surface area contributed by atoms with E-state index in [1.807, 2.05) is 18.2 Å². The third-order valence-corrected chi connectivity index (χ3v) is 1.69. The van der Waals surface area contributed by atoms with Gasteiger partial charge in [-0.1, -0.05) is 18.2 Å². The van der Waals surface area contributed by atoms with Crippen LogP contribution in [-0.4, -0.2) is 19.6 Å². The first-order valence-corrected chi connectivity index (χ1v) is 4.15. The van der Waals surface area contributed by atoms with Crippen LogP contribution in [-0.2, 0) is 4.79 Å². The zero-order chi connectivity index (χ0) is 9.52. The van der Waals surface area contributed by atoms with Gasteiger partial charge in [0, 0.05) is 12.2 Å². The smallest absolute Gasteiger partial charge is 0.304 e. The summed E-state index contributed by atoms with van der Waals surface area (Å²) in [4.78, 5) is 11.9. The fraction of sp³-hybridized carbons (Fsp3) is 0.300. The van der Waals surface area contributed by atoms with Crippen molar-refractivity contribution < 1.29 is 9.18 Å². The first-order valence-electron chi connectivity index (χ1n) is 4.15. The average Bonchev–Trinajstić information content (AvgIpc) is 2.21. The number of anilines is 1. The number of rotatable bonds is 5. The molecule has 0 saturated heterocycles. The van der Waals surface area contributed by atoms with E-state index in [0.29, 0.717) is 13.0 Å². The van der Waals surface area contributed by atoms with E-state index in [9.17, 15) is 9.18 Å². The van der Waals surface area contributed by atoms with Gasteiger partial charge in [-0.2, -0.15) is 0 Å². The van der Waals surface area contributed by atoms with E-state index in [4.69, 9.17) is 0 Å². The summed E-state index contributed by atoms with van der Waals surface area (Å²) in [6, 6.07) is 9.11. The van der Waals surface area contributed by atoms with Crippen molar-refractivity contribution in [1.82, 2.24) is 0 Å². The lowest BCUT2D eigenvalue weighted by Crippen LogP contribution is -2.22. The molecule has 1 aromatic carbocycles. The normalized spacial score (nSPS) is 9.62. The second-order valence-electron chi connectivity index (χ2n) is 2.62. The first-order chi connectivity index (χ1) is 6.38. The fourth-order valence-electron chi connectivity index (χ4n) is 1.05. The molecule has 0 heterocycles. The molecule has 1 aromatic rings. The predicted octanol–water partition coefficient (Wildman–Crippen LogP) is 1.92. The van der Waals surface area contributed by atoms with Gasteiger partial charge >= 0.3 is 6.41 Å². The number of hydrogen-bond acceptors (Lipinski definition) is 1. The van der Waals surface area contributed by atoms with Crippen LogP contribution in [0.3, 0.4) is 0 Å². The van der Waals surface area contributed by atoms with Gasteiger partial charge in [0.25, 0.3) is 0 Å². The minimum Gasteiger partial charge on any atom is -0.304 e. The van der Waals surface area contributed by atoms with Crippen molar-refractivity contribution in [3.8, 4) is 0 Å². The Balaban J connectivity index is 2.61. The minimum atomic E-state index is -0.412. The Hall–Kier alpha value is -1.38. The zero-order valence-electron chi connectivity index (χ0n) is 7.24. The molecule has 0 bridgehead atoms. The van der Waals surface area contributed by atoms with E-state index < -0.39 is 6.67 Å². The molecule has 0 spiro atoms. The van der Waals surface area contributed by atoms with Crippen molar-refractivity contribution in [2.45, 2.75) is 6.42 Å². The molecule has 3 heteroatoms. The van der Waals surface area contributed by atoms with Crippen molar-refractivity contribution in [3.63, 3.8) is 0 Å². The van der Waals surface area contributed by atoms with Crippen molar-refractivity contribution in [3.05, 3.63) is 30.3 Å². The minimum absolute atomic E-state index is 0.351. The summed E-state index contributed by atoms with van der Waals surface area (Å²) < 4.78 is 11.8. The van der Waals surface area contributed by atoms with Crippen LogP contribution in [0.4, 0.5) is 10.1 Å². The molecule has 13 heavy (non-hydrogen) atoms. The summed E-state index contributed by atoms with van der Waals surface area (Å²) in [5.74, 6) is 0. The van der Waals surface area contributed by atoms with Gasteiger partial charge in [-0.25, -0.2) is 0 Å². The number of benzene rings is 1. The Bertz CT molecular complexity index is 250. The Morgan fingerprint density at radius 1 is 1.31 bits per heavy atom. The molecule has 2 nitrogen and oxygen atoms in total. The largest absolute Gasteiger partial charge is 0.316 e. The van der Waals surface area contributed by atoms with Crippen LogP contribution < -0.4 is 4.90 Å². The Labute approximate surface area is 77.0 Å². The maximum absolute atomic E-state index is 11.8. The van der Waals surface area contributed by atoms with E-state index in [1.165, 1.54) is 4.90 Å².